The van der Waals surface area contributed by atoms with Crippen molar-refractivity contribution < 1.29 is 0 Å². The minimum atomic E-state index is 0.233. The average molecular weight is 341 g/mol. The van der Waals surface area contributed by atoms with Crippen LogP contribution in [0.2, 0.25) is 0 Å². The van der Waals surface area contributed by atoms with Gasteiger partial charge in [-0.2, -0.15) is 0 Å². The Morgan fingerprint density at radius 2 is 1.90 bits per heavy atom. The molecule has 0 spiro atoms. The molecule has 0 aromatic heterocycles. The molecule has 0 radical (unpaired) electrons. The van der Waals surface area contributed by atoms with Gasteiger partial charge < -0.3 is 10.6 Å². The zero-order valence-corrected chi connectivity index (χ0v) is 15.1. The SMILES string of the molecule is CCC(N)Cc1cc(Br)ccc1N(C)C(C)CC(C)C. The van der Waals surface area contributed by atoms with Gasteiger partial charge >= 0.3 is 0 Å². The van der Waals surface area contributed by atoms with Crippen LogP contribution in [0.25, 0.3) is 0 Å². The summed E-state index contributed by atoms with van der Waals surface area (Å²) in [7, 11) is 2.19. The largest absolute Gasteiger partial charge is 0.372 e. The van der Waals surface area contributed by atoms with E-state index in [0.717, 1.165) is 17.3 Å². The van der Waals surface area contributed by atoms with Crippen LogP contribution >= 0.6 is 15.9 Å². The Morgan fingerprint density at radius 1 is 1.25 bits per heavy atom. The molecule has 3 heteroatoms. The molecule has 1 aromatic rings. The molecule has 0 saturated carbocycles. The molecule has 2 unspecified atom stereocenters. The van der Waals surface area contributed by atoms with Crippen molar-refractivity contribution >= 4 is 21.6 Å². The van der Waals surface area contributed by atoms with E-state index in [2.05, 4.69) is 73.8 Å². The number of halogens is 1. The van der Waals surface area contributed by atoms with Crippen molar-refractivity contribution in [3.8, 4) is 0 Å². The Bertz CT molecular complexity index is 417. The Morgan fingerprint density at radius 3 is 2.45 bits per heavy atom. The molecule has 114 valence electrons. The van der Waals surface area contributed by atoms with E-state index in [1.54, 1.807) is 0 Å². The van der Waals surface area contributed by atoms with Crippen LogP contribution in [0, 0.1) is 5.92 Å². The van der Waals surface area contributed by atoms with Crippen molar-refractivity contribution in [2.45, 2.75) is 59.0 Å². The third-order valence-corrected chi connectivity index (χ3v) is 4.39. The first-order valence-electron chi connectivity index (χ1n) is 7.62. The Balaban J connectivity index is 2.97. The Labute approximate surface area is 132 Å². The minimum absolute atomic E-state index is 0.233. The lowest BCUT2D eigenvalue weighted by atomic mass is 9.99. The number of benzene rings is 1. The second kappa shape index (κ2) is 8.04. The third-order valence-electron chi connectivity index (χ3n) is 3.90. The zero-order chi connectivity index (χ0) is 15.3. The summed E-state index contributed by atoms with van der Waals surface area (Å²) < 4.78 is 1.13. The van der Waals surface area contributed by atoms with Gasteiger partial charge in [0.1, 0.15) is 0 Å². The maximum Gasteiger partial charge on any atom is 0.0399 e. The maximum atomic E-state index is 6.15. The highest BCUT2D eigenvalue weighted by Crippen LogP contribution is 2.28. The first kappa shape index (κ1) is 17.5. The standard InChI is InChI=1S/C17H29BrN2/c1-6-16(19)11-14-10-15(18)7-8-17(14)20(5)13(4)9-12(2)3/h7-8,10,12-13,16H,6,9,11,19H2,1-5H3. The van der Waals surface area contributed by atoms with Gasteiger partial charge in [-0.05, 0) is 55.9 Å². The van der Waals surface area contributed by atoms with Crippen LogP contribution in [0.3, 0.4) is 0 Å². The van der Waals surface area contributed by atoms with Crippen LogP contribution in [-0.4, -0.2) is 19.1 Å². The molecule has 0 aliphatic rings. The molecule has 0 saturated heterocycles. The number of nitrogens with zero attached hydrogens (tertiary/aromatic N) is 1. The van der Waals surface area contributed by atoms with Gasteiger partial charge in [-0.1, -0.05) is 36.7 Å². The van der Waals surface area contributed by atoms with E-state index in [9.17, 15) is 0 Å². The van der Waals surface area contributed by atoms with Gasteiger partial charge in [-0.15, -0.1) is 0 Å². The summed E-state index contributed by atoms with van der Waals surface area (Å²) in [6.07, 6.45) is 3.15. The molecule has 0 heterocycles. The molecule has 2 atom stereocenters. The normalized spacial score (nSPS) is 14.4. The van der Waals surface area contributed by atoms with Crippen molar-refractivity contribution in [1.82, 2.24) is 0 Å². The number of anilines is 1. The summed E-state index contributed by atoms with van der Waals surface area (Å²) >= 11 is 3.58. The molecule has 2 N–H and O–H groups in total. The number of hydrogen-bond acceptors (Lipinski definition) is 2. The van der Waals surface area contributed by atoms with E-state index in [1.165, 1.54) is 17.7 Å². The first-order chi connectivity index (χ1) is 9.35. The van der Waals surface area contributed by atoms with Gasteiger partial charge in [-0.25, -0.2) is 0 Å². The van der Waals surface area contributed by atoms with Crippen molar-refractivity contribution in [1.29, 1.82) is 0 Å². The molecule has 1 aromatic carbocycles. The van der Waals surface area contributed by atoms with Crippen LogP contribution in [-0.2, 0) is 6.42 Å². The second-order valence-electron chi connectivity index (χ2n) is 6.23. The minimum Gasteiger partial charge on any atom is -0.372 e. The van der Waals surface area contributed by atoms with E-state index >= 15 is 0 Å². The monoisotopic (exact) mass is 340 g/mol. The summed E-state index contributed by atoms with van der Waals surface area (Å²) in [5.74, 6) is 0.712. The molecule has 0 bridgehead atoms. The molecule has 2 nitrogen and oxygen atoms in total. The fraction of sp³-hybridized carbons (Fsp3) is 0.647. The van der Waals surface area contributed by atoms with Gasteiger partial charge in [0.15, 0.2) is 0 Å². The zero-order valence-electron chi connectivity index (χ0n) is 13.5. The number of hydrogen-bond donors (Lipinski definition) is 1. The average Bonchev–Trinajstić information content (AvgIpc) is 2.37. The predicted octanol–water partition coefficient (Wildman–Crippen LogP) is 4.60. The lowest BCUT2D eigenvalue weighted by molar-refractivity contribution is 0.503. The molecule has 0 aliphatic carbocycles. The van der Waals surface area contributed by atoms with Crippen LogP contribution < -0.4 is 10.6 Å². The quantitative estimate of drug-likeness (QED) is 0.785. The van der Waals surface area contributed by atoms with Gasteiger partial charge in [0.05, 0.1) is 0 Å². The van der Waals surface area contributed by atoms with Gasteiger partial charge in [-0.3, -0.25) is 0 Å². The lowest BCUT2D eigenvalue weighted by Crippen LogP contribution is -2.32. The number of nitrogens with two attached hydrogens (primary N) is 1. The van der Waals surface area contributed by atoms with Crippen molar-refractivity contribution in [2.24, 2.45) is 11.7 Å². The molecular formula is C17H29BrN2. The first-order valence-corrected chi connectivity index (χ1v) is 8.41. The summed E-state index contributed by atoms with van der Waals surface area (Å²) in [5, 5.41) is 0. The Hall–Kier alpha value is -0.540. The smallest absolute Gasteiger partial charge is 0.0399 e. The van der Waals surface area contributed by atoms with Crippen LogP contribution in [0.5, 0.6) is 0 Å². The fourth-order valence-corrected chi connectivity index (χ4v) is 2.97. The highest BCUT2D eigenvalue weighted by Gasteiger charge is 2.16. The van der Waals surface area contributed by atoms with E-state index < -0.39 is 0 Å². The van der Waals surface area contributed by atoms with Crippen LogP contribution in [0.15, 0.2) is 22.7 Å². The summed E-state index contributed by atoms with van der Waals surface area (Å²) in [5.41, 5.74) is 8.80. The highest BCUT2D eigenvalue weighted by atomic mass is 79.9. The molecule has 0 aliphatic heterocycles. The number of rotatable bonds is 7. The highest BCUT2D eigenvalue weighted by molar-refractivity contribution is 9.10. The fourth-order valence-electron chi connectivity index (χ4n) is 2.57. The summed E-state index contributed by atoms with van der Waals surface area (Å²) in [4.78, 5) is 2.39. The molecule has 1 rings (SSSR count). The Kier molecular flexibility index (Phi) is 7.04. The predicted molar refractivity (Wildman–Crippen MR) is 93.4 cm³/mol. The van der Waals surface area contributed by atoms with Crippen LogP contribution in [0.4, 0.5) is 5.69 Å². The summed E-state index contributed by atoms with van der Waals surface area (Å²) in [6.45, 7) is 9.00. The van der Waals surface area contributed by atoms with Gasteiger partial charge in [0.2, 0.25) is 0 Å². The molecular weight excluding hydrogens is 312 g/mol. The van der Waals surface area contributed by atoms with Crippen molar-refractivity contribution in [3.05, 3.63) is 28.2 Å². The summed E-state index contributed by atoms with van der Waals surface area (Å²) in [6, 6.07) is 7.31. The van der Waals surface area contributed by atoms with E-state index in [1.807, 2.05) is 0 Å². The third kappa shape index (κ3) is 5.10. The van der Waals surface area contributed by atoms with E-state index in [0.29, 0.717) is 12.0 Å². The van der Waals surface area contributed by atoms with Gasteiger partial charge in [0, 0.05) is 29.3 Å². The van der Waals surface area contributed by atoms with E-state index in [-0.39, 0.29) is 6.04 Å². The van der Waals surface area contributed by atoms with Crippen molar-refractivity contribution in [2.75, 3.05) is 11.9 Å². The lowest BCUT2D eigenvalue weighted by Gasteiger charge is -2.31. The topological polar surface area (TPSA) is 29.3 Å². The van der Waals surface area contributed by atoms with E-state index in [4.69, 9.17) is 5.73 Å². The second-order valence-corrected chi connectivity index (χ2v) is 7.15. The molecule has 20 heavy (non-hydrogen) atoms. The molecule has 0 fully saturated rings. The van der Waals surface area contributed by atoms with Crippen LogP contribution in [0.1, 0.15) is 46.1 Å². The van der Waals surface area contributed by atoms with Crippen molar-refractivity contribution in [3.63, 3.8) is 0 Å². The van der Waals surface area contributed by atoms with Gasteiger partial charge in [0.25, 0.3) is 0 Å². The molecule has 0 amide bonds. The maximum absolute atomic E-state index is 6.15.